The number of anilines is 1. The van der Waals surface area contributed by atoms with Crippen molar-refractivity contribution in [2.75, 3.05) is 5.73 Å². The van der Waals surface area contributed by atoms with Crippen LogP contribution < -0.4 is 5.73 Å². The minimum absolute atomic E-state index is 0.147. The molecule has 0 aliphatic heterocycles. The normalized spacial score (nSPS) is 10.1. The number of carbonyl (C=O) groups excluding carboxylic acids is 1. The van der Waals surface area contributed by atoms with Gasteiger partial charge < -0.3 is 10.8 Å². The molecule has 4 N–H and O–H groups in total. The summed E-state index contributed by atoms with van der Waals surface area (Å²) in [4.78, 5) is 19.3. The largest absolute Gasteiger partial charge is 0.481 e. The summed E-state index contributed by atoms with van der Waals surface area (Å²) in [5.74, 6) is -1.37. The topological polar surface area (TPSA) is 135 Å². The number of benzene rings is 1. The van der Waals surface area contributed by atoms with Gasteiger partial charge >= 0.3 is 5.97 Å². The molecule has 0 bridgehead atoms. The predicted molar refractivity (Wildman–Crippen MR) is 63.6 cm³/mol. The van der Waals surface area contributed by atoms with Crippen molar-refractivity contribution in [3.05, 3.63) is 24.3 Å². The maximum Gasteiger partial charge on any atom is 0.310 e. The van der Waals surface area contributed by atoms with Gasteiger partial charge in [-0.3, -0.25) is 14.1 Å². The SMILES string of the molecule is CC(=O)CC(=O)O.Nc1ccc(S(=O)(=O)O)cc1. The molecule has 7 nitrogen and oxygen atoms in total. The zero-order valence-electron chi connectivity index (χ0n) is 9.53. The standard InChI is InChI=1S/C6H7NO3S.C4H6O3/c7-5-1-3-6(4-2-5)11(8,9)10;1-3(5)2-4(6)7/h1-4H,7H2,(H,8,9,10);2H2,1H3,(H,6,7). The molecule has 100 valence electrons. The van der Waals surface area contributed by atoms with Gasteiger partial charge in [-0.05, 0) is 31.2 Å². The van der Waals surface area contributed by atoms with Crippen LogP contribution in [0.4, 0.5) is 5.69 Å². The number of aliphatic carboxylic acids is 1. The van der Waals surface area contributed by atoms with E-state index in [0.29, 0.717) is 5.69 Å². The Morgan fingerprint density at radius 2 is 1.67 bits per heavy atom. The summed E-state index contributed by atoms with van der Waals surface area (Å²) in [6.07, 6.45) is -0.361. The number of nitrogens with two attached hydrogens (primary N) is 1. The Bertz CT molecular complexity index is 508. The predicted octanol–water partition coefficient (Wildman–Crippen LogP) is 0.566. The minimum Gasteiger partial charge on any atom is -0.481 e. The zero-order chi connectivity index (χ0) is 14.3. The van der Waals surface area contributed by atoms with Gasteiger partial charge in [0.1, 0.15) is 12.2 Å². The van der Waals surface area contributed by atoms with E-state index in [1.807, 2.05) is 0 Å². The molecule has 1 aromatic rings. The molecule has 18 heavy (non-hydrogen) atoms. The average molecular weight is 275 g/mol. The lowest BCUT2D eigenvalue weighted by molar-refractivity contribution is -0.139. The van der Waals surface area contributed by atoms with E-state index in [1.165, 1.54) is 31.2 Å². The van der Waals surface area contributed by atoms with Gasteiger partial charge in [0.05, 0.1) is 4.90 Å². The Morgan fingerprint density at radius 1 is 1.22 bits per heavy atom. The summed E-state index contributed by atoms with van der Waals surface area (Å²) in [6.45, 7) is 1.24. The Kier molecular flexibility index (Phi) is 6.00. The highest BCUT2D eigenvalue weighted by molar-refractivity contribution is 7.85. The number of nitrogen functional groups attached to an aromatic ring is 1. The van der Waals surface area contributed by atoms with E-state index in [2.05, 4.69) is 0 Å². The van der Waals surface area contributed by atoms with Crippen molar-refractivity contribution in [3.8, 4) is 0 Å². The molecule has 0 radical (unpaired) electrons. The monoisotopic (exact) mass is 275 g/mol. The Hall–Kier alpha value is -1.93. The third-order valence-corrected chi connectivity index (χ3v) is 2.45. The van der Waals surface area contributed by atoms with Crippen molar-refractivity contribution >= 4 is 27.6 Å². The Labute approximate surface area is 104 Å². The highest BCUT2D eigenvalue weighted by Crippen LogP contribution is 2.10. The molecule has 0 aliphatic carbocycles. The number of ketones is 1. The fourth-order valence-electron chi connectivity index (χ4n) is 0.853. The summed E-state index contributed by atoms with van der Waals surface area (Å²) >= 11 is 0. The second-order valence-corrected chi connectivity index (χ2v) is 4.74. The Morgan fingerprint density at radius 3 is 1.89 bits per heavy atom. The van der Waals surface area contributed by atoms with E-state index in [0.717, 1.165) is 0 Å². The number of hydrogen-bond acceptors (Lipinski definition) is 5. The maximum atomic E-state index is 10.5. The second kappa shape index (κ2) is 6.72. The Balaban J connectivity index is 0.000000360. The van der Waals surface area contributed by atoms with Crippen molar-refractivity contribution in [2.24, 2.45) is 0 Å². The van der Waals surface area contributed by atoms with Crippen LogP contribution in [0.15, 0.2) is 29.2 Å². The van der Waals surface area contributed by atoms with Crippen molar-refractivity contribution in [1.82, 2.24) is 0 Å². The molecule has 1 rings (SSSR count). The van der Waals surface area contributed by atoms with Gasteiger partial charge in [0.25, 0.3) is 10.1 Å². The van der Waals surface area contributed by atoms with Crippen molar-refractivity contribution < 1.29 is 27.7 Å². The van der Waals surface area contributed by atoms with Crippen LogP contribution in [0.1, 0.15) is 13.3 Å². The van der Waals surface area contributed by atoms with Gasteiger partial charge in [0.2, 0.25) is 0 Å². The molecule has 0 atom stereocenters. The van der Waals surface area contributed by atoms with Gasteiger partial charge in [-0.25, -0.2) is 0 Å². The lowest BCUT2D eigenvalue weighted by Gasteiger charge is -1.95. The van der Waals surface area contributed by atoms with E-state index in [4.69, 9.17) is 15.4 Å². The van der Waals surface area contributed by atoms with Crippen LogP contribution in [-0.2, 0) is 19.7 Å². The van der Waals surface area contributed by atoms with Gasteiger partial charge in [-0.2, -0.15) is 8.42 Å². The van der Waals surface area contributed by atoms with E-state index >= 15 is 0 Å². The first-order chi connectivity index (χ1) is 8.12. The maximum absolute atomic E-state index is 10.5. The van der Waals surface area contributed by atoms with Crippen LogP contribution in [0.3, 0.4) is 0 Å². The molecular formula is C10H13NO6S. The average Bonchev–Trinajstić information content (AvgIpc) is 2.15. The first kappa shape index (κ1) is 16.1. The number of hydrogen-bond donors (Lipinski definition) is 3. The molecule has 0 fully saturated rings. The van der Waals surface area contributed by atoms with Crippen LogP contribution in [-0.4, -0.2) is 29.8 Å². The summed E-state index contributed by atoms with van der Waals surface area (Å²) in [5, 5.41) is 7.86. The van der Waals surface area contributed by atoms with Gasteiger partial charge in [-0.15, -0.1) is 0 Å². The molecule has 0 heterocycles. The molecule has 0 spiro atoms. The number of carbonyl (C=O) groups is 2. The number of rotatable bonds is 3. The summed E-state index contributed by atoms with van der Waals surface area (Å²) < 4.78 is 29.4. The van der Waals surface area contributed by atoms with E-state index in [9.17, 15) is 18.0 Å². The lowest BCUT2D eigenvalue weighted by atomic mass is 10.3. The highest BCUT2D eigenvalue weighted by atomic mass is 32.2. The van der Waals surface area contributed by atoms with Gasteiger partial charge in [0, 0.05) is 5.69 Å². The summed E-state index contributed by atoms with van der Waals surface area (Å²) in [7, 11) is -4.08. The lowest BCUT2D eigenvalue weighted by Crippen LogP contribution is -2.00. The summed E-state index contributed by atoms with van der Waals surface area (Å²) in [5.41, 5.74) is 5.75. The third-order valence-electron chi connectivity index (χ3n) is 1.58. The van der Waals surface area contributed by atoms with E-state index in [-0.39, 0.29) is 17.1 Å². The van der Waals surface area contributed by atoms with Crippen molar-refractivity contribution in [3.63, 3.8) is 0 Å². The van der Waals surface area contributed by atoms with E-state index < -0.39 is 16.1 Å². The van der Waals surface area contributed by atoms with Crippen LogP contribution >= 0.6 is 0 Å². The smallest absolute Gasteiger partial charge is 0.310 e. The molecule has 0 amide bonds. The van der Waals surface area contributed by atoms with Crippen LogP contribution in [0.5, 0.6) is 0 Å². The number of Topliss-reactive ketones (excluding diaryl/α,β-unsaturated/α-hetero) is 1. The minimum atomic E-state index is -4.08. The first-order valence-electron chi connectivity index (χ1n) is 4.67. The zero-order valence-corrected chi connectivity index (χ0v) is 10.3. The molecule has 8 heteroatoms. The van der Waals surface area contributed by atoms with Crippen LogP contribution in [0, 0.1) is 0 Å². The first-order valence-corrected chi connectivity index (χ1v) is 6.11. The highest BCUT2D eigenvalue weighted by Gasteiger charge is 2.06. The van der Waals surface area contributed by atoms with Crippen LogP contribution in [0.25, 0.3) is 0 Å². The molecule has 0 aromatic heterocycles. The van der Waals surface area contributed by atoms with Crippen molar-refractivity contribution in [1.29, 1.82) is 0 Å². The van der Waals surface area contributed by atoms with Gasteiger partial charge in [-0.1, -0.05) is 0 Å². The molecule has 1 aromatic carbocycles. The number of carboxylic acid groups (broad SMARTS) is 1. The fourth-order valence-corrected chi connectivity index (χ4v) is 1.33. The quantitative estimate of drug-likeness (QED) is 0.416. The summed E-state index contributed by atoms with van der Waals surface area (Å²) in [6, 6.07) is 5.29. The second-order valence-electron chi connectivity index (χ2n) is 3.32. The molecule has 0 saturated heterocycles. The van der Waals surface area contributed by atoms with E-state index in [1.54, 1.807) is 0 Å². The fraction of sp³-hybridized carbons (Fsp3) is 0.200. The molecule has 0 saturated carbocycles. The van der Waals surface area contributed by atoms with Gasteiger partial charge in [0.15, 0.2) is 0 Å². The van der Waals surface area contributed by atoms with Crippen molar-refractivity contribution in [2.45, 2.75) is 18.2 Å². The molecular weight excluding hydrogens is 262 g/mol. The molecule has 0 aliphatic rings. The third kappa shape index (κ3) is 7.36. The number of carboxylic acids is 1. The molecule has 0 unspecified atom stereocenters. The van der Waals surface area contributed by atoms with Crippen LogP contribution in [0.2, 0.25) is 0 Å².